The summed E-state index contributed by atoms with van der Waals surface area (Å²) in [6.45, 7) is 3.12. The van der Waals surface area contributed by atoms with Crippen LogP contribution in [0.1, 0.15) is 0 Å². The number of nitrogens with zero attached hydrogens (tertiary/aromatic N) is 3. The second kappa shape index (κ2) is 7.06. The van der Waals surface area contributed by atoms with Gasteiger partial charge in [0.1, 0.15) is 12.4 Å². The highest BCUT2D eigenvalue weighted by molar-refractivity contribution is 5.77. The second-order valence-electron chi connectivity index (χ2n) is 4.33. The molecule has 19 heavy (non-hydrogen) atoms. The highest BCUT2D eigenvalue weighted by Crippen LogP contribution is 2.12. The fraction of sp³-hybridized carbons (Fsp3) is 0.538. The molecule has 6 nitrogen and oxygen atoms in total. The van der Waals surface area contributed by atoms with Gasteiger partial charge in [0.15, 0.2) is 0 Å². The van der Waals surface area contributed by atoms with Crippen molar-refractivity contribution in [3.05, 3.63) is 24.4 Å². The summed E-state index contributed by atoms with van der Waals surface area (Å²) in [6.07, 6.45) is 1.77. The first-order chi connectivity index (χ1) is 9.31. The molecule has 0 unspecified atom stereocenters. The topological polar surface area (TPSA) is 65.9 Å². The molecule has 0 bridgehead atoms. The number of carbonyl (C=O) groups is 1. The average molecular weight is 265 g/mol. The van der Waals surface area contributed by atoms with Crippen LogP contribution in [-0.4, -0.2) is 66.9 Å². The Morgan fingerprint density at radius 3 is 2.74 bits per heavy atom. The summed E-state index contributed by atoms with van der Waals surface area (Å²) in [5, 5.41) is 8.59. The molecule has 0 aliphatic carbocycles. The lowest BCUT2D eigenvalue weighted by molar-refractivity contribution is -0.136. The largest absolute Gasteiger partial charge is 0.394 e. The van der Waals surface area contributed by atoms with Crippen LogP contribution >= 0.6 is 0 Å². The Morgan fingerprint density at radius 2 is 2.11 bits per heavy atom. The van der Waals surface area contributed by atoms with E-state index in [0.29, 0.717) is 13.1 Å². The second-order valence-corrected chi connectivity index (χ2v) is 4.33. The first-order valence-electron chi connectivity index (χ1n) is 6.43. The van der Waals surface area contributed by atoms with Crippen LogP contribution < -0.4 is 4.90 Å². The molecule has 1 amide bonds. The molecule has 2 rings (SSSR count). The summed E-state index contributed by atoms with van der Waals surface area (Å²) in [4.78, 5) is 20.1. The van der Waals surface area contributed by atoms with Gasteiger partial charge in [0.25, 0.3) is 0 Å². The maximum atomic E-state index is 11.8. The minimum absolute atomic E-state index is 0.0193. The van der Waals surface area contributed by atoms with Gasteiger partial charge >= 0.3 is 0 Å². The predicted octanol–water partition coefficient (Wildman–Crippen LogP) is -0.261. The number of ether oxygens (including phenoxy) is 1. The number of aliphatic hydroxyl groups excluding tert-OH is 1. The lowest BCUT2D eigenvalue weighted by Gasteiger charge is -2.35. The maximum Gasteiger partial charge on any atom is 0.248 e. The van der Waals surface area contributed by atoms with Gasteiger partial charge in [0.05, 0.1) is 13.2 Å². The Morgan fingerprint density at radius 1 is 1.32 bits per heavy atom. The summed E-state index contributed by atoms with van der Waals surface area (Å²) >= 11 is 0. The number of aromatic nitrogens is 1. The van der Waals surface area contributed by atoms with Gasteiger partial charge in [-0.05, 0) is 12.1 Å². The molecule has 1 aliphatic heterocycles. The molecule has 2 heterocycles. The van der Waals surface area contributed by atoms with E-state index in [0.717, 1.165) is 18.9 Å². The van der Waals surface area contributed by atoms with E-state index in [1.165, 1.54) is 0 Å². The molecule has 1 fully saturated rings. The molecule has 1 aromatic rings. The third-order valence-corrected chi connectivity index (χ3v) is 3.07. The third kappa shape index (κ3) is 3.90. The molecule has 1 N–H and O–H groups in total. The molecule has 0 radical (unpaired) electrons. The quantitative estimate of drug-likeness (QED) is 0.743. The minimum atomic E-state index is -0.0548. The number of aliphatic hydroxyl groups is 1. The van der Waals surface area contributed by atoms with E-state index in [2.05, 4.69) is 9.88 Å². The number of hydrogen-bond donors (Lipinski definition) is 1. The van der Waals surface area contributed by atoms with Crippen LogP contribution in [-0.2, 0) is 9.53 Å². The van der Waals surface area contributed by atoms with Gasteiger partial charge in [-0.15, -0.1) is 0 Å². The van der Waals surface area contributed by atoms with Crippen LogP contribution in [0.2, 0.25) is 0 Å². The van der Waals surface area contributed by atoms with Crippen molar-refractivity contribution in [2.24, 2.45) is 0 Å². The molecule has 6 heteroatoms. The van der Waals surface area contributed by atoms with E-state index in [4.69, 9.17) is 9.84 Å². The van der Waals surface area contributed by atoms with Gasteiger partial charge in [-0.1, -0.05) is 6.07 Å². The zero-order chi connectivity index (χ0) is 13.5. The van der Waals surface area contributed by atoms with Crippen LogP contribution in [0.5, 0.6) is 0 Å². The molecule has 0 atom stereocenters. The van der Waals surface area contributed by atoms with Gasteiger partial charge in [-0.25, -0.2) is 4.98 Å². The third-order valence-electron chi connectivity index (χ3n) is 3.07. The number of carbonyl (C=O) groups excluding carboxylic acids is 1. The number of rotatable bonds is 5. The van der Waals surface area contributed by atoms with Gasteiger partial charge in [-0.3, -0.25) is 4.79 Å². The summed E-state index contributed by atoms with van der Waals surface area (Å²) in [5.41, 5.74) is 0. The van der Waals surface area contributed by atoms with Crippen LogP contribution in [0.4, 0.5) is 5.82 Å². The molecule has 0 aromatic carbocycles. The van der Waals surface area contributed by atoms with E-state index in [-0.39, 0.29) is 25.7 Å². The van der Waals surface area contributed by atoms with Crippen molar-refractivity contribution < 1.29 is 14.6 Å². The van der Waals surface area contributed by atoms with Crippen molar-refractivity contribution in [1.82, 2.24) is 9.88 Å². The first-order valence-corrected chi connectivity index (χ1v) is 6.43. The SMILES string of the molecule is O=C(COCCO)N1CCN(c2ccccn2)CC1. The van der Waals surface area contributed by atoms with Crippen LogP contribution in [0.3, 0.4) is 0 Å². The van der Waals surface area contributed by atoms with E-state index >= 15 is 0 Å². The molecule has 1 aromatic heterocycles. The van der Waals surface area contributed by atoms with Gasteiger partial charge in [0.2, 0.25) is 5.91 Å². The Kier molecular flexibility index (Phi) is 5.11. The van der Waals surface area contributed by atoms with Crippen molar-refractivity contribution in [1.29, 1.82) is 0 Å². The van der Waals surface area contributed by atoms with Gasteiger partial charge in [-0.2, -0.15) is 0 Å². The van der Waals surface area contributed by atoms with Crippen LogP contribution in [0.25, 0.3) is 0 Å². The highest BCUT2D eigenvalue weighted by atomic mass is 16.5. The average Bonchev–Trinajstić information content (AvgIpc) is 2.48. The summed E-state index contributed by atoms with van der Waals surface area (Å²) in [6, 6.07) is 5.83. The fourth-order valence-corrected chi connectivity index (χ4v) is 2.04. The van der Waals surface area contributed by atoms with Crippen molar-refractivity contribution in [2.75, 3.05) is 50.9 Å². The lowest BCUT2D eigenvalue weighted by Crippen LogP contribution is -2.50. The molecule has 1 aliphatic rings. The van der Waals surface area contributed by atoms with Crippen molar-refractivity contribution in [2.45, 2.75) is 0 Å². The highest BCUT2D eigenvalue weighted by Gasteiger charge is 2.21. The van der Waals surface area contributed by atoms with E-state index in [1.54, 1.807) is 11.1 Å². The Bertz CT molecular complexity index is 391. The van der Waals surface area contributed by atoms with Crippen molar-refractivity contribution in [3.63, 3.8) is 0 Å². The summed E-state index contributed by atoms with van der Waals surface area (Å²) in [5.74, 6) is 0.931. The maximum absolute atomic E-state index is 11.8. The zero-order valence-electron chi connectivity index (χ0n) is 10.9. The number of amides is 1. The Labute approximate surface area is 112 Å². The summed E-state index contributed by atoms with van der Waals surface area (Å²) in [7, 11) is 0. The molecule has 104 valence electrons. The zero-order valence-corrected chi connectivity index (χ0v) is 10.9. The van der Waals surface area contributed by atoms with Crippen molar-refractivity contribution in [3.8, 4) is 0 Å². The number of pyridine rings is 1. The molecule has 0 spiro atoms. The van der Waals surface area contributed by atoms with Gasteiger partial charge in [0, 0.05) is 32.4 Å². The summed E-state index contributed by atoms with van der Waals surface area (Å²) < 4.78 is 5.04. The van der Waals surface area contributed by atoms with E-state index < -0.39 is 0 Å². The lowest BCUT2D eigenvalue weighted by atomic mass is 10.3. The minimum Gasteiger partial charge on any atom is -0.394 e. The molecular formula is C13H19N3O3. The van der Waals surface area contributed by atoms with E-state index in [9.17, 15) is 4.79 Å². The van der Waals surface area contributed by atoms with E-state index in [1.807, 2.05) is 18.2 Å². The molecule has 1 saturated heterocycles. The number of anilines is 1. The van der Waals surface area contributed by atoms with Crippen LogP contribution in [0, 0.1) is 0 Å². The number of piperazine rings is 1. The first kappa shape index (κ1) is 13.8. The Hall–Kier alpha value is -1.66. The monoisotopic (exact) mass is 265 g/mol. The number of hydrogen-bond acceptors (Lipinski definition) is 5. The Balaban J connectivity index is 1.77. The van der Waals surface area contributed by atoms with Crippen molar-refractivity contribution >= 4 is 11.7 Å². The normalized spacial score (nSPS) is 15.6. The molecule has 0 saturated carbocycles. The fourth-order valence-electron chi connectivity index (χ4n) is 2.04. The molecular weight excluding hydrogens is 246 g/mol. The standard InChI is InChI=1S/C13H19N3O3/c17-9-10-19-11-13(18)16-7-5-15(6-8-16)12-3-1-2-4-14-12/h1-4,17H,5-11H2. The predicted molar refractivity (Wildman–Crippen MR) is 70.9 cm³/mol. The van der Waals surface area contributed by atoms with Crippen LogP contribution in [0.15, 0.2) is 24.4 Å². The van der Waals surface area contributed by atoms with Gasteiger partial charge < -0.3 is 19.6 Å². The smallest absolute Gasteiger partial charge is 0.248 e.